The van der Waals surface area contributed by atoms with Crippen LogP contribution in [0.1, 0.15) is 41.4 Å². The van der Waals surface area contributed by atoms with Crippen molar-refractivity contribution in [3.05, 3.63) is 95.4 Å². The lowest BCUT2D eigenvalue weighted by atomic mass is 9.83. The van der Waals surface area contributed by atoms with Gasteiger partial charge >= 0.3 is 0 Å². The minimum Gasteiger partial charge on any atom is -0.466 e. The van der Waals surface area contributed by atoms with E-state index in [0.717, 1.165) is 38.2 Å². The molecule has 1 saturated heterocycles. The molecule has 1 aromatic heterocycles. The average Bonchev–Trinajstić information content (AvgIpc) is 3.32. The van der Waals surface area contributed by atoms with E-state index in [1.54, 1.807) is 6.26 Å². The number of fused-ring (bicyclic) bond motifs is 2. The van der Waals surface area contributed by atoms with E-state index in [9.17, 15) is 0 Å². The summed E-state index contributed by atoms with van der Waals surface area (Å²) >= 11 is 0. The Labute approximate surface area is 154 Å². The molecule has 5 rings (SSSR count). The minimum atomic E-state index is -0.179. The number of rotatable bonds is 3. The maximum atomic E-state index is 6.68. The summed E-state index contributed by atoms with van der Waals surface area (Å²) in [5, 5.41) is 0. The van der Waals surface area contributed by atoms with E-state index in [4.69, 9.17) is 9.15 Å². The van der Waals surface area contributed by atoms with Crippen molar-refractivity contribution in [2.24, 2.45) is 0 Å². The quantitative estimate of drug-likeness (QED) is 0.676. The van der Waals surface area contributed by atoms with Crippen molar-refractivity contribution in [2.75, 3.05) is 13.1 Å². The summed E-state index contributed by atoms with van der Waals surface area (Å²) in [7, 11) is 0. The third-order valence-corrected chi connectivity index (χ3v) is 5.79. The van der Waals surface area contributed by atoms with Crippen LogP contribution in [0.15, 0.2) is 77.4 Å². The van der Waals surface area contributed by atoms with Gasteiger partial charge in [-0.2, -0.15) is 0 Å². The molecular formula is C23H23NO2. The van der Waals surface area contributed by atoms with Crippen LogP contribution in [0.5, 0.6) is 0 Å². The van der Waals surface area contributed by atoms with E-state index in [0.29, 0.717) is 0 Å². The lowest BCUT2D eigenvalue weighted by Gasteiger charge is -2.39. The summed E-state index contributed by atoms with van der Waals surface area (Å²) in [6, 6.07) is 23.3. The largest absolute Gasteiger partial charge is 0.466 e. The third-order valence-electron chi connectivity index (χ3n) is 5.79. The number of likely N-dealkylation sites (tertiary alicyclic amines) is 1. The minimum absolute atomic E-state index is 0.0816. The van der Waals surface area contributed by atoms with Crippen molar-refractivity contribution in [3.8, 4) is 0 Å². The number of hydrogen-bond donors (Lipinski definition) is 0. The molecule has 0 bridgehead atoms. The van der Waals surface area contributed by atoms with Crippen LogP contribution in [-0.2, 0) is 16.9 Å². The van der Waals surface area contributed by atoms with Gasteiger partial charge in [-0.25, -0.2) is 0 Å². The van der Waals surface area contributed by atoms with Crippen molar-refractivity contribution >= 4 is 0 Å². The van der Waals surface area contributed by atoms with Gasteiger partial charge < -0.3 is 9.15 Å². The fourth-order valence-electron chi connectivity index (χ4n) is 4.45. The fraction of sp³-hybridized carbons (Fsp3) is 0.304. The van der Waals surface area contributed by atoms with E-state index < -0.39 is 0 Å². The smallest absolute Gasteiger partial charge is 0.142 e. The highest BCUT2D eigenvalue weighted by atomic mass is 16.5. The zero-order valence-corrected chi connectivity index (χ0v) is 14.8. The van der Waals surface area contributed by atoms with Crippen LogP contribution in [0.3, 0.4) is 0 Å². The summed E-state index contributed by atoms with van der Waals surface area (Å²) in [5.74, 6) is 0.904. The maximum absolute atomic E-state index is 6.68. The van der Waals surface area contributed by atoms with Gasteiger partial charge in [0.15, 0.2) is 0 Å². The molecule has 3 heteroatoms. The first-order valence-electron chi connectivity index (χ1n) is 9.41. The maximum Gasteiger partial charge on any atom is 0.142 e. The van der Waals surface area contributed by atoms with Gasteiger partial charge in [0.1, 0.15) is 11.9 Å². The van der Waals surface area contributed by atoms with Crippen LogP contribution in [-0.4, -0.2) is 18.0 Å². The molecule has 2 aliphatic rings. The standard InChI is InChI=1S/C23H23NO2/c1-2-7-18(8-3-1)17-24-14-12-23(13-15-24)20-10-5-4-9-19(20)22(26-23)21-11-6-16-25-21/h1-11,16,22H,12-15,17H2. The molecule has 1 fully saturated rings. The molecule has 132 valence electrons. The van der Waals surface area contributed by atoms with Crippen molar-refractivity contribution in [1.29, 1.82) is 0 Å². The van der Waals surface area contributed by atoms with Gasteiger partial charge in [-0.15, -0.1) is 0 Å². The Hall–Kier alpha value is -2.36. The Balaban J connectivity index is 1.37. The molecule has 3 aromatic rings. The van der Waals surface area contributed by atoms with E-state index in [1.807, 2.05) is 12.1 Å². The number of nitrogens with zero attached hydrogens (tertiary/aromatic N) is 1. The second-order valence-electron chi connectivity index (χ2n) is 7.36. The molecular weight excluding hydrogens is 322 g/mol. The summed E-state index contributed by atoms with van der Waals surface area (Å²) in [4.78, 5) is 2.53. The van der Waals surface area contributed by atoms with E-state index >= 15 is 0 Å². The Kier molecular flexibility index (Phi) is 3.92. The SMILES string of the molecule is c1ccc(CN2CCC3(CC2)OC(c2ccco2)c2ccccc23)cc1. The van der Waals surface area contributed by atoms with Crippen LogP contribution >= 0.6 is 0 Å². The Morgan fingerprint density at radius 2 is 1.65 bits per heavy atom. The number of ether oxygens (including phenoxy) is 1. The van der Waals surface area contributed by atoms with Crippen molar-refractivity contribution < 1.29 is 9.15 Å². The lowest BCUT2D eigenvalue weighted by molar-refractivity contribution is -0.103. The topological polar surface area (TPSA) is 25.6 Å². The Morgan fingerprint density at radius 3 is 2.42 bits per heavy atom. The van der Waals surface area contributed by atoms with Gasteiger partial charge in [0, 0.05) is 19.6 Å². The molecule has 0 aliphatic carbocycles. The van der Waals surface area contributed by atoms with Crippen LogP contribution in [0, 0.1) is 0 Å². The van der Waals surface area contributed by atoms with Crippen LogP contribution in [0.2, 0.25) is 0 Å². The molecule has 3 heterocycles. The molecule has 3 nitrogen and oxygen atoms in total. The van der Waals surface area contributed by atoms with Gasteiger partial charge in [-0.05, 0) is 41.7 Å². The average molecular weight is 345 g/mol. The summed E-state index contributed by atoms with van der Waals surface area (Å²) in [6.07, 6.45) is 3.69. The molecule has 0 N–H and O–H groups in total. The monoisotopic (exact) mass is 345 g/mol. The van der Waals surface area contributed by atoms with Gasteiger partial charge in [-0.1, -0.05) is 54.6 Å². The van der Waals surface area contributed by atoms with E-state index in [1.165, 1.54) is 16.7 Å². The van der Waals surface area contributed by atoms with Gasteiger partial charge in [0.2, 0.25) is 0 Å². The highest BCUT2D eigenvalue weighted by Gasteiger charge is 2.47. The molecule has 0 saturated carbocycles. The van der Waals surface area contributed by atoms with Crippen LogP contribution < -0.4 is 0 Å². The predicted octanol–water partition coefficient (Wildman–Crippen LogP) is 4.89. The van der Waals surface area contributed by atoms with Crippen molar-refractivity contribution in [3.63, 3.8) is 0 Å². The molecule has 0 amide bonds. The van der Waals surface area contributed by atoms with E-state index in [2.05, 4.69) is 59.5 Å². The molecule has 2 aromatic carbocycles. The highest BCUT2D eigenvalue weighted by Crippen LogP contribution is 2.51. The molecule has 1 unspecified atom stereocenters. The summed E-state index contributed by atoms with van der Waals surface area (Å²) in [6.45, 7) is 3.11. The van der Waals surface area contributed by atoms with Gasteiger partial charge in [0.25, 0.3) is 0 Å². The normalized spacial score (nSPS) is 21.8. The Bertz CT molecular complexity index is 864. The number of benzene rings is 2. The molecule has 1 spiro atoms. The summed E-state index contributed by atoms with van der Waals surface area (Å²) in [5.41, 5.74) is 3.81. The predicted molar refractivity (Wildman–Crippen MR) is 101 cm³/mol. The fourth-order valence-corrected chi connectivity index (χ4v) is 4.45. The van der Waals surface area contributed by atoms with Crippen molar-refractivity contribution in [1.82, 2.24) is 4.90 Å². The van der Waals surface area contributed by atoms with Gasteiger partial charge in [0.05, 0.1) is 11.9 Å². The summed E-state index contributed by atoms with van der Waals surface area (Å²) < 4.78 is 12.4. The molecule has 26 heavy (non-hydrogen) atoms. The van der Waals surface area contributed by atoms with Crippen molar-refractivity contribution in [2.45, 2.75) is 31.1 Å². The number of piperidine rings is 1. The van der Waals surface area contributed by atoms with Gasteiger partial charge in [-0.3, -0.25) is 4.90 Å². The lowest BCUT2D eigenvalue weighted by Crippen LogP contribution is -2.42. The first-order chi connectivity index (χ1) is 12.8. The zero-order valence-electron chi connectivity index (χ0n) is 14.8. The molecule has 2 aliphatic heterocycles. The van der Waals surface area contributed by atoms with E-state index in [-0.39, 0.29) is 11.7 Å². The third kappa shape index (κ3) is 2.68. The second-order valence-corrected chi connectivity index (χ2v) is 7.36. The first kappa shape index (κ1) is 15.9. The number of hydrogen-bond acceptors (Lipinski definition) is 3. The number of furan rings is 1. The zero-order chi connectivity index (χ0) is 17.4. The highest BCUT2D eigenvalue weighted by molar-refractivity contribution is 5.42. The van der Waals surface area contributed by atoms with Crippen LogP contribution in [0.4, 0.5) is 0 Å². The van der Waals surface area contributed by atoms with Crippen LogP contribution in [0.25, 0.3) is 0 Å². The molecule has 0 radical (unpaired) electrons. The second kappa shape index (κ2) is 6.42. The Morgan fingerprint density at radius 1 is 0.885 bits per heavy atom. The first-order valence-corrected chi connectivity index (χ1v) is 9.41. The molecule has 1 atom stereocenters.